The van der Waals surface area contributed by atoms with E-state index in [0.29, 0.717) is 50.5 Å². The van der Waals surface area contributed by atoms with Gasteiger partial charge in [0, 0.05) is 43.0 Å². The van der Waals surface area contributed by atoms with Crippen LogP contribution < -0.4 is 0 Å². The second-order valence-corrected chi connectivity index (χ2v) is 9.34. The van der Waals surface area contributed by atoms with E-state index in [1.54, 1.807) is 4.52 Å². The average Bonchev–Trinajstić information content (AvgIpc) is 3.41. The van der Waals surface area contributed by atoms with Gasteiger partial charge in [-0.1, -0.05) is 51.1 Å². The summed E-state index contributed by atoms with van der Waals surface area (Å²) in [6, 6.07) is 13.8. The van der Waals surface area contributed by atoms with Gasteiger partial charge in [0.2, 0.25) is 0 Å². The summed E-state index contributed by atoms with van der Waals surface area (Å²) in [5.41, 5.74) is 3.73. The first-order valence-electron chi connectivity index (χ1n) is 10.9. The van der Waals surface area contributed by atoms with Crippen LogP contribution in [-0.2, 0) is 14.9 Å². The summed E-state index contributed by atoms with van der Waals surface area (Å²) in [6.07, 6.45) is 1.37. The molecule has 7 heteroatoms. The Morgan fingerprint density at radius 2 is 1.71 bits per heavy atom. The third kappa shape index (κ3) is 3.72. The van der Waals surface area contributed by atoms with E-state index in [1.807, 2.05) is 47.4 Å². The molecular weight excluding hydrogens is 392 g/mol. The topological polar surface area (TPSA) is 69.0 Å². The summed E-state index contributed by atoms with van der Waals surface area (Å²) in [4.78, 5) is 20.3. The van der Waals surface area contributed by atoms with Gasteiger partial charge in [-0.25, -0.2) is 9.50 Å². The highest BCUT2D eigenvalue weighted by atomic mass is 16.7. The molecule has 0 radical (unpaired) electrons. The smallest absolute Gasteiger partial charge is 0.272 e. The zero-order valence-electron chi connectivity index (χ0n) is 18.3. The van der Waals surface area contributed by atoms with Crippen LogP contribution in [0, 0.1) is 0 Å². The van der Waals surface area contributed by atoms with Crippen molar-refractivity contribution in [1.82, 2.24) is 19.5 Å². The third-order valence-electron chi connectivity index (χ3n) is 6.11. The van der Waals surface area contributed by atoms with E-state index >= 15 is 0 Å². The van der Waals surface area contributed by atoms with Crippen LogP contribution in [0.1, 0.15) is 49.8 Å². The fourth-order valence-corrected chi connectivity index (χ4v) is 4.25. The predicted molar refractivity (Wildman–Crippen MR) is 117 cm³/mol. The number of hydrogen-bond donors (Lipinski definition) is 0. The molecule has 5 rings (SSSR count). The van der Waals surface area contributed by atoms with Crippen molar-refractivity contribution < 1.29 is 14.3 Å². The van der Waals surface area contributed by atoms with Crippen molar-refractivity contribution in [2.75, 3.05) is 26.3 Å². The molecule has 3 aromatic rings. The molecule has 2 aromatic heterocycles. The van der Waals surface area contributed by atoms with E-state index in [2.05, 4.69) is 20.8 Å². The molecule has 2 fully saturated rings. The van der Waals surface area contributed by atoms with E-state index in [9.17, 15) is 4.79 Å². The number of nitrogens with zero attached hydrogens (tertiary/aromatic N) is 4. The minimum atomic E-state index is -0.509. The van der Waals surface area contributed by atoms with Gasteiger partial charge in [0.05, 0.1) is 24.6 Å². The van der Waals surface area contributed by atoms with Crippen molar-refractivity contribution in [3.05, 3.63) is 53.9 Å². The number of fused-ring (bicyclic) bond motifs is 1. The summed E-state index contributed by atoms with van der Waals surface area (Å²) in [6.45, 7) is 8.78. The van der Waals surface area contributed by atoms with Crippen LogP contribution in [0.3, 0.4) is 0 Å². The summed E-state index contributed by atoms with van der Waals surface area (Å²) >= 11 is 0. The molecule has 0 unspecified atom stereocenters. The van der Waals surface area contributed by atoms with Crippen LogP contribution in [0.2, 0.25) is 0 Å². The van der Waals surface area contributed by atoms with Gasteiger partial charge >= 0.3 is 0 Å². The summed E-state index contributed by atoms with van der Waals surface area (Å²) < 4.78 is 13.3. The van der Waals surface area contributed by atoms with Crippen LogP contribution in [-0.4, -0.2) is 57.5 Å². The summed E-state index contributed by atoms with van der Waals surface area (Å²) in [5.74, 6) is -0.550. The Labute approximate surface area is 182 Å². The molecule has 0 atom stereocenters. The van der Waals surface area contributed by atoms with Gasteiger partial charge in [0.1, 0.15) is 5.69 Å². The van der Waals surface area contributed by atoms with Crippen LogP contribution in [0.25, 0.3) is 16.9 Å². The molecule has 7 nitrogen and oxygen atoms in total. The lowest BCUT2D eigenvalue weighted by Gasteiger charge is -2.37. The molecule has 0 N–H and O–H groups in total. The molecule has 1 aromatic carbocycles. The zero-order chi connectivity index (χ0) is 21.6. The first-order valence-corrected chi connectivity index (χ1v) is 10.9. The molecule has 31 heavy (non-hydrogen) atoms. The number of benzene rings is 1. The van der Waals surface area contributed by atoms with E-state index < -0.39 is 5.79 Å². The van der Waals surface area contributed by atoms with Crippen molar-refractivity contribution in [2.24, 2.45) is 0 Å². The Hall–Kier alpha value is -2.77. The standard InChI is InChI=1S/C24H28N4O3/c1-23(2,3)20-16-21-25-18(17-7-5-4-6-8-17)15-19(28(21)26-20)22(29)27-11-9-24(10-12-27)30-13-14-31-24/h4-8,15-16H,9-14H2,1-3H3. The molecule has 1 amide bonds. The van der Waals surface area contributed by atoms with Gasteiger partial charge in [-0.2, -0.15) is 5.10 Å². The fraction of sp³-hybridized carbons (Fsp3) is 0.458. The molecule has 4 heterocycles. The van der Waals surface area contributed by atoms with Gasteiger partial charge in [-0.15, -0.1) is 0 Å². The first-order chi connectivity index (χ1) is 14.8. The number of hydrogen-bond acceptors (Lipinski definition) is 5. The van der Waals surface area contributed by atoms with Crippen LogP contribution in [0.5, 0.6) is 0 Å². The number of piperidine rings is 1. The van der Waals surface area contributed by atoms with Gasteiger partial charge in [0.25, 0.3) is 5.91 Å². The molecule has 2 saturated heterocycles. The molecule has 0 saturated carbocycles. The lowest BCUT2D eigenvalue weighted by atomic mass is 9.93. The number of carbonyl (C=O) groups excluding carboxylic acids is 1. The lowest BCUT2D eigenvalue weighted by molar-refractivity contribution is -0.181. The van der Waals surface area contributed by atoms with Crippen molar-refractivity contribution in [3.63, 3.8) is 0 Å². The molecule has 0 aliphatic carbocycles. The maximum Gasteiger partial charge on any atom is 0.272 e. The molecular formula is C24H28N4O3. The predicted octanol–water partition coefficient (Wildman–Crippen LogP) is 3.67. The highest BCUT2D eigenvalue weighted by Crippen LogP contribution is 2.32. The van der Waals surface area contributed by atoms with Crippen molar-refractivity contribution in [3.8, 4) is 11.3 Å². The zero-order valence-corrected chi connectivity index (χ0v) is 18.3. The van der Waals surface area contributed by atoms with E-state index in [4.69, 9.17) is 19.6 Å². The number of likely N-dealkylation sites (tertiary alicyclic amines) is 1. The van der Waals surface area contributed by atoms with Gasteiger partial charge in [-0.3, -0.25) is 4.79 Å². The van der Waals surface area contributed by atoms with Crippen molar-refractivity contribution >= 4 is 11.6 Å². The van der Waals surface area contributed by atoms with Gasteiger partial charge < -0.3 is 14.4 Å². The SMILES string of the molecule is CC(C)(C)c1cc2nc(-c3ccccc3)cc(C(=O)N3CCC4(CC3)OCCO4)n2n1. The quantitative estimate of drug-likeness (QED) is 0.633. The second-order valence-electron chi connectivity index (χ2n) is 9.34. The highest BCUT2D eigenvalue weighted by Gasteiger charge is 2.41. The van der Waals surface area contributed by atoms with E-state index in [0.717, 1.165) is 17.0 Å². The van der Waals surface area contributed by atoms with Gasteiger partial charge in [0.15, 0.2) is 11.4 Å². The Morgan fingerprint density at radius 3 is 2.35 bits per heavy atom. The normalized spacial score (nSPS) is 18.7. The van der Waals surface area contributed by atoms with Crippen LogP contribution in [0.4, 0.5) is 0 Å². The maximum atomic E-state index is 13.6. The average molecular weight is 421 g/mol. The monoisotopic (exact) mass is 420 g/mol. The summed E-state index contributed by atoms with van der Waals surface area (Å²) in [5, 5.41) is 4.76. The number of ether oxygens (including phenoxy) is 2. The fourth-order valence-electron chi connectivity index (χ4n) is 4.25. The minimum Gasteiger partial charge on any atom is -0.347 e. The van der Waals surface area contributed by atoms with Crippen molar-refractivity contribution in [1.29, 1.82) is 0 Å². The third-order valence-corrected chi connectivity index (χ3v) is 6.11. The van der Waals surface area contributed by atoms with E-state index in [1.165, 1.54) is 0 Å². The van der Waals surface area contributed by atoms with Crippen LogP contribution >= 0.6 is 0 Å². The number of rotatable bonds is 2. The van der Waals surface area contributed by atoms with E-state index in [-0.39, 0.29) is 11.3 Å². The Bertz CT molecular complexity index is 1100. The summed E-state index contributed by atoms with van der Waals surface area (Å²) in [7, 11) is 0. The molecule has 1 spiro atoms. The minimum absolute atomic E-state index is 0.0408. The number of amides is 1. The molecule has 0 bridgehead atoms. The first kappa shape index (κ1) is 20.2. The maximum absolute atomic E-state index is 13.6. The Balaban J connectivity index is 1.54. The highest BCUT2D eigenvalue weighted by molar-refractivity contribution is 5.94. The van der Waals surface area contributed by atoms with Crippen LogP contribution in [0.15, 0.2) is 42.5 Å². The number of carbonyl (C=O) groups is 1. The molecule has 2 aliphatic rings. The molecule has 162 valence electrons. The Kier molecular flexibility index (Phi) is 4.83. The Morgan fingerprint density at radius 1 is 1.03 bits per heavy atom. The number of aromatic nitrogens is 3. The molecule has 2 aliphatic heterocycles. The largest absolute Gasteiger partial charge is 0.347 e. The second kappa shape index (κ2) is 7.43. The van der Waals surface area contributed by atoms with Gasteiger partial charge in [-0.05, 0) is 6.07 Å². The van der Waals surface area contributed by atoms with Crippen molar-refractivity contribution in [2.45, 2.75) is 44.8 Å². The lowest BCUT2D eigenvalue weighted by Crippen LogP contribution is -2.47.